The van der Waals surface area contributed by atoms with Gasteiger partial charge in [-0.15, -0.1) is 0 Å². The number of anilines is 1. The van der Waals surface area contributed by atoms with Crippen LogP contribution in [0, 0.1) is 0 Å². The summed E-state index contributed by atoms with van der Waals surface area (Å²) in [6, 6.07) is 5.78. The highest BCUT2D eigenvalue weighted by atomic mass is 35.5. The van der Waals surface area contributed by atoms with Gasteiger partial charge in [0.05, 0.1) is 5.56 Å². The van der Waals surface area contributed by atoms with E-state index in [0.29, 0.717) is 0 Å². The van der Waals surface area contributed by atoms with Crippen molar-refractivity contribution in [2.24, 2.45) is 7.05 Å². The van der Waals surface area contributed by atoms with Gasteiger partial charge in [0.25, 0.3) is 0 Å². The van der Waals surface area contributed by atoms with Crippen LogP contribution in [0.15, 0.2) is 18.2 Å². The van der Waals surface area contributed by atoms with Crippen molar-refractivity contribution < 1.29 is 13.2 Å². The van der Waals surface area contributed by atoms with Gasteiger partial charge in [0.2, 0.25) is 0 Å². The highest BCUT2D eigenvalue weighted by Crippen LogP contribution is 2.48. The number of aryl methyl sites for hydroxylation is 1. The Hall–Kier alpha value is -1.60. The second kappa shape index (κ2) is 6.23. The zero-order valence-corrected chi connectivity index (χ0v) is 16.4. The molecule has 0 saturated carbocycles. The van der Waals surface area contributed by atoms with Crippen molar-refractivity contribution in [2.45, 2.75) is 44.7 Å². The molecule has 0 spiro atoms. The molecule has 0 amide bonds. The first-order valence-corrected chi connectivity index (χ1v) is 8.96. The maximum Gasteiger partial charge on any atom is 0.435 e. The van der Waals surface area contributed by atoms with Gasteiger partial charge in [0.15, 0.2) is 5.69 Å². The Labute approximate surface area is 160 Å². The van der Waals surface area contributed by atoms with Gasteiger partial charge >= 0.3 is 6.18 Å². The van der Waals surface area contributed by atoms with Crippen LogP contribution >= 0.6 is 23.8 Å². The average molecular weight is 402 g/mol. The Morgan fingerprint density at radius 1 is 1.38 bits per heavy atom. The van der Waals surface area contributed by atoms with Crippen molar-refractivity contribution in [3.05, 3.63) is 45.7 Å². The third-order valence-corrected chi connectivity index (χ3v) is 5.61. The Bertz CT molecular complexity index is 887. The van der Waals surface area contributed by atoms with Crippen molar-refractivity contribution in [1.29, 1.82) is 0 Å². The molecule has 0 radical (unpaired) electrons. The Morgan fingerprint density at radius 3 is 2.65 bits per heavy atom. The van der Waals surface area contributed by atoms with Gasteiger partial charge in [-0.3, -0.25) is 4.68 Å². The monoisotopic (exact) mass is 401 g/mol. The van der Waals surface area contributed by atoms with Crippen molar-refractivity contribution in [3.63, 3.8) is 0 Å². The molecule has 3 rings (SSSR count). The van der Waals surface area contributed by atoms with Gasteiger partial charge in [0.1, 0.15) is 10.1 Å². The molecule has 1 aromatic heterocycles. The van der Waals surface area contributed by atoms with Gasteiger partial charge in [-0.05, 0) is 34.9 Å². The number of rotatable bonds is 2. The Kier molecular flexibility index (Phi) is 4.60. The van der Waals surface area contributed by atoms with Crippen LogP contribution in [0.2, 0.25) is 5.15 Å². The summed E-state index contributed by atoms with van der Waals surface area (Å²) < 4.78 is 40.9. The molecular weight excluding hydrogens is 383 g/mol. The summed E-state index contributed by atoms with van der Waals surface area (Å²) in [5.74, 6) is 0.276. The highest BCUT2D eigenvalue weighted by Gasteiger charge is 2.40. The van der Waals surface area contributed by atoms with E-state index in [1.54, 1.807) is 0 Å². The van der Waals surface area contributed by atoms with E-state index in [9.17, 15) is 13.2 Å². The van der Waals surface area contributed by atoms with Crippen LogP contribution in [0.5, 0.6) is 0 Å². The zero-order valence-electron chi connectivity index (χ0n) is 14.8. The number of hydrogen-bond donors (Lipinski definition) is 1. The minimum atomic E-state index is -4.64. The van der Waals surface area contributed by atoms with E-state index in [-0.39, 0.29) is 27.0 Å². The lowest BCUT2D eigenvalue weighted by atomic mass is 9.86. The fourth-order valence-electron chi connectivity index (χ4n) is 3.86. The topological polar surface area (TPSA) is 29.9 Å². The summed E-state index contributed by atoms with van der Waals surface area (Å²) in [4.78, 5) is -0.0827. The van der Waals surface area contributed by atoms with Crippen LogP contribution in [0.1, 0.15) is 55.5 Å². The molecule has 0 saturated heterocycles. The van der Waals surface area contributed by atoms with E-state index >= 15 is 0 Å². The Morgan fingerprint density at radius 2 is 2.04 bits per heavy atom. The van der Waals surface area contributed by atoms with Crippen LogP contribution in [0.3, 0.4) is 0 Å². The van der Waals surface area contributed by atoms with Gasteiger partial charge in [-0.25, -0.2) is 0 Å². The largest absolute Gasteiger partial charge is 0.435 e. The van der Waals surface area contributed by atoms with Crippen molar-refractivity contribution in [2.75, 3.05) is 5.32 Å². The molecule has 1 N–H and O–H groups in total. The van der Waals surface area contributed by atoms with Crippen molar-refractivity contribution in [1.82, 2.24) is 9.78 Å². The zero-order chi connectivity index (χ0) is 19.4. The lowest BCUT2D eigenvalue weighted by Gasteiger charge is -2.19. The number of hydrogen-bond acceptors (Lipinski definition) is 2. The van der Waals surface area contributed by atoms with E-state index in [4.69, 9.17) is 23.8 Å². The number of benzene rings is 1. The average Bonchev–Trinajstić information content (AvgIpc) is 2.94. The predicted octanol–water partition coefficient (Wildman–Crippen LogP) is 5.66. The normalized spacial score (nSPS) is 18.7. The second-order valence-electron chi connectivity index (χ2n) is 7.35. The predicted molar refractivity (Wildman–Crippen MR) is 101 cm³/mol. The first kappa shape index (κ1) is 19.2. The fraction of sp³-hybridized carbons (Fsp3) is 0.444. The Balaban J connectivity index is 2.03. The summed E-state index contributed by atoms with van der Waals surface area (Å²) in [6.45, 7) is 6.44. The summed E-state index contributed by atoms with van der Waals surface area (Å²) in [5, 5.41) is 6.33. The molecule has 0 bridgehead atoms. The summed E-state index contributed by atoms with van der Waals surface area (Å²) in [5.41, 5.74) is 1.64. The molecule has 1 aliphatic rings. The van der Waals surface area contributed by atoms with Crippen LogP contribution < -0.4 is 5.32 Å². The molecule has 3 nitrogen and oxygen atoms in total. The first-order chi connectivity index (χ1) is 11.9. The SMILES string of the molecule is CC1CC(C)(C)c2cccc(NC(=S)c3c(C(F)(F)F)nn(C)c3Cl)c21. The minimum Gasteiger partial charge on any atom is -0.346 e. The lowest BCUT2D eigenvalue weighted by molar-refractivity contribution is -0.141. The quantitative estimate of drug-likeness (QED) is 0.658. The van der Waals surface area contributed by atoms with Crippen LogP contribution in [0.4, 0.5) is 18.9 Å². The number of alkyl halides is 3. The van der Waals surface area contributed by atoms with Gasteiger partial charge in [0, 0.05) is 12.7 Å². The molecule has 0 aliphatic heterocycles. The summed E-state index contributed by atoms with van der Waals surface area (Å²) in [7, 11) is 1.36. The standard InChI is InChI=1S/C18H19ClF3N3S/c1-9-8-17(2,3)10-6-5-7-11(12(9)10)23-16(26)13-14(18(20,21)22)24-25(4)15(13)19/h5-7,9H,8H2,1-4H3,(H,23,26). The lowest BCUT2D eigenvalue weighted by Crippen LogP contribution is -2.18. The molecule has 1 heterocycles. The van der Waals surface area contributed by atoms with Gasteiger partial charge < -0.3 is 5.32 Å². The third kappa shape index (κ3) is 3.11. The number of fused-ring (bicyclic) bond motifs is 1. The van der Waals surface area contributed by atoms with E-state index < -0.39 is 11.9 Å². The molecule has 26 heavy (non-hydrogen) atoms. The van der Waals surface area contributed by atoms with E-state index in [2.05, 4.69) is 37.3 Å². The smallest absolute Gasteiger partial charge is 0.346 e. The highest BCUT2D eigenvalue weighted by molar-refractivity contribution is 7.81. The van der Waals surface area contributed by atoms with E-state index in [1.165, 1.54) is 12.6 Å². The molecule has 1 aliphatic carbocycles. The summed E-state index contributed by atoms with van der Waals surface area (Å²) >= 11 is 11.3. The third-order valence-electron chi connectivity index (χ3n) is 4.87. The fourth-order valence-corrected chi connectivity index (χ4v) is 4.44. The maximum atomic E-state index is 13.3. The van der Waals surface area contributed by atoms with Gasteiger partial charge in [-0.2, -0.15) is 18.3 Å². The van der Waals surface area contributed by atoms with Crippen molar-refractivity contribution >= 4 is 34.5 Å². The number of thiocarbonyl (C=S) groups is 1. The number of halogens is 4. The molecule has 1 unspecified atom stereocenters. The summed E-state index contributed by atoms with van der Waals surface area (Å²) in [6.07, 6.45) is -3.67. The molecular formula is C18H19ClF3N3S. The number of nitrogens with one attached hydrogen (secondary N) is 1. The van der Waals surface area contributed by atoms with E-state index in [1.807, 2.05) is 12.1 Å². The molecule has 1 atom stereocenters. The number of aromatic nitrogens is 2. The van der Waals surface area contributed by atoms with Crippen LogP contribution in [-0.2, 0) is 18.6 Å². The molecule has 1 aromatic carbocycles. The second-order valence-corrected chi connectivity index (χ2v) is 8.11. The van der Waals surface area contributed by atoms with Crippen molar-refractivity contribution in [3.8, 4) is 0 Å². The first-order valence-electron chi connectivity index (χ1n) is 8.18. The molecule has 2 aromatic rings. The number of nitrogens with zero attached hydrogens (tertiary/aromatic N) is 2. The van der Waals surface area contributed by atoms with Gasteiger partial charge in [-0.1, -0.05) is 56.7 Å². The minimum absolute atomic E-state index is 0.0110. The van der Waals surface area contributed by atoms with Crippen LogP contribution in [0.25, 0.3) is 0 Å². The maximum absolute atomic E-state index is 13.3. The molecule has 0 fully saturated rings. The van der Waals surface area contributed by atoms with Crippen LogP contribution in [-0.4, -0.2) is 14.8 Å². The molecule has 8 heteroatoms. The van der Waals surface area contributed by atoms with E-state index in [0.717, 1.165) is 22.4 Å². The molecule has 140 valence electrons.